The van der Waals surface area contributed by atoms with Crippen molar-refractivity contribution < 1.29 is 20.4 Å². The van der Waals surface area contributed by atoms with Crippen LogP contribution in [0.2, 0.25) is 0 Å². The predicted octanol–water partition coefficient (Wildman–Crippen LogP) is 11.4. The Morgan fingerprint density at radius 1 is 0.447 bits per heavy atom. The zero-order valence-electron chi connectivity index (χ0n) is 31.8. The molecule has 5 N–H and O–H groups in total. The first-order valence-electron chi connectivity index (χ1n) is 21.1. The van der Waals surface area contributed by atoms with Crippen LogP contribution < -0.4 is 5.32 Å². The van der Waals surface area contributed by atoms with E-state index in [0.29, 0.717) is 6.42 Å². The van der Waals surface area contributed by atoms with Crippen LogP contribution in [0.15, 0.2) is 12.2 Å². The van der Waals surface area contributed by atoms with Gasteiger partial charge in [0.1, 0.15) is 6.23 Å². The Morgan fingerprint density at radius 3 is 1.11 bits per heavy atom. The fourth-order valence-electron chi connectivity index (χ4n) is 6.65. The summed E-state index contributed by atoms with van der Waals surface area (Å²) >= 11 is 0. The summed E-state index contributed by atoms with van der Waals surface area (Å²) < 4.78 is 0. The van der Waals surface area contributed by atoms with Crippen LogP contribution >= 0.6 is 0 Å². The third-order valence-corrected chi connectivity index (χ3v) is 10.0. The standard InChI is InChI=1S/C42H85NO4/c1-3-5-7-9-11-13-15-17-18-19-20-21-22-23-25-27-29-31-33-35-37-41(46)42(47)43-39(38-44)40(45)36-34-32-30-28-26-24-16-14-12-10-8-6-4-2/h34,36,39-47H,3-33,35,37-38H2,1-2H3/b36-34+. The van der Waals surface area contributed by atoms with Crippen molar-refractivity contribution in [2.75, 3.05) is 6.61 Å². The van der Waals surface area contributed by atoms with Gasteiger partial charge in [-0.05, 0) is 19.3 Å². The summed E-state index contributed by atoms with van der Waals surface area (Å²) in [6.45, 7) is 4.25. The first-order chi connectivity index (χ1) is 23.1. The van der Waals surface area contributed by atoms with Gasteiger partial charge in [0.2, 0.25) is 0 Å². The van der Waals surface area contributed by atoms with Gasteiger partial charge in [-0.25, -0.2) is 0 Å². The van der Waals surface area contributed by atoms with E-state index in [1.165, 1.54) is 180 Å². The maximum Gasteiger partial charge on any atom is 0.131 e. The minimum atomic E-state index is -1.15. The number of unbranched alkanes of at least 4 members (excludes halogenated alkanes) is 30. The van der Waals surface area contributed by atoms with Crippen LogP contribution in [0.25, 0.3) is 0 Å². The molecule has 47 heavy (non-hydrogen) atoms. The van der Waals surface area contributed by atoms with Gasteiger partial charge in [0.15, 0.2) is 0 Å². The molecule has 0 aliphatic rings. The van der Waals surface area contributed by atoms with Gasteiger partial charge >= 0.3 is 0 Å². The average Bonchev–Trinajstić information content (AvgIpc) is 3.07. The Bertz CT molecular complexity index is 615. The highest BCUT2D eigenvalue weighted by atomic mass is 16.3. The van der Waals surface area contributed by atoms with Crippen LogP contribution in [0.4, 0.5) is 0 Å². The molecule has 0 saturated carbocycles. The molecular weight excluding hydrogens is 582 g/mol. The Morgan fingerprint density at radius 2 is 0.766 bits per heavy atom. The molecule has 0 fully saturated rings. The monoisotopic (exact) mass is 668 g/mol. The Kier molecular flexibility index (Phi) is 38.0. The van der Waals surface area contributed by atoms with E-state index in [-0.39, 0.29) is 6.61 Å². The molecule has 0 aliphatic heterocycles. The molecule has 0 aromatic rings. The van der Waals surface area contributed by atoms with Crippen LogP contribution in [0.1, 0.15) is 226 Å². The topological polar surface area (TPSA) is 93.0 Å². The van der Waals surface area contributed by atoms with Crippen molar-refractivity contribution in [2.45, 2.75) is 250 Å². The van der Waals surface area contributed by atoms with Crippen LogP contribution in [0.5, 0.6) is 0 Å². The SMILES string of the molecule is CCCCCCCCCCCCC/C=C/C(O)C(CO)NC(O)C(O)CCCCCCCCCCCCCCCCCCCCCC. The van der Waals surface area contributed by atoms with Gasteiger partial charge in [-0.3, -0.25) is 5.32 Å². The van der Waals surface area contributed by atoms with Crippen LogP contribution in [-0.2, 0) is 0 Å². The van der Waals surface area contributed by atoms with E-state index in [1.54, 1.807) is 6.08 Å². The van der Waals surface area contributed by atoms with Gasteiger partial charge in [-0.15, -0.1) is 0 Å². The summed E-state index contributed by atoms with van der Waals surface area (Å²) in [7, 11) is 0. The quantitative estimate of drug-likeness (QED) is 0.0255. The number of rotatable bonds is 39. The summed E-state index contributed by atoms with van der Waals surface area (Å²) in [5.74, 6) is 0. The molecule has 0 rings (SSSR count). The summed E-state index contributed by atoms with van der Waals surface area (Å²) in [6.07, 6.45) is 43.4. The van der Waals surface area contributed by atoms with Gasteiger partial charge in [0.05, 0.1) is 24.9 Å². The molecule has 0 heterocycles. The van der Waals surface area contributed by atoms with Crippen molar-refractivity contribution in [3.63, 3.8) is 0 Å². The number of hydrogen-bond donors (Lipinski definition) is 5. The van der Waals surface area contributed by atoms with Gasteiger partial charge < -0.3 is 20.4 Å². The molecule has 282 valence electrons. The van der Waals surface area contributed by atoms with Gasteiger partial charge in [0.25, 0.3) is 0 Å². The lowest BCUT2D eigenvalue weighted by atomic mass is 10.0. The van der Waals surface area contributed by atoms with E-state index in [0.717, 1.165) is 25.7 Å². The Labute approximate surface area is 294 Å². The number of aliphatic hydroxyl groups excluding tert-OH is 4. The highest BCUT2D eigenvalue weighted by molar-refractivity contribution is 4.95. The maximum absolute atomic E-state index is 10.5. The zero-order valence-corrected chi connectivity index (χ0v) is 31.8. The van der Waals surface area contributed by atoms with Crippen molar-refractivity contribution in [2.24, 2.45) is 0 Å². The average molecular weight is 668 g/mol. The molecule has 0 bridgehead atoms. The minimum Gasteiger partial charge on any atom is -0.395 e. The highest BCUT2D eigenvalue weighted by Crippen LogP contribution is 2.16. The second kappa shape index (κ2) is 38.3. The third kappa shape index (κ3) is 33.8. The normalized spacial score (nSPS) is 14.6. The van der Waals surface area contributed by atoms with Crippen molar-refractivity contribution in [1.29, 1.82) is 0 Å². The highest BCUT2D eigenvalue weighted by Gasteiger charge is 2.23. The number of hydrogen-bond acceptors (Lipinski definition) is 5. The van der Waals surface area contributed by atoms with E-state index in [9.17, 15) is 20.4 Å². The van der Waals surface area contributed by atoms with Gasteiger partial charge in [-0.1, -0.05) is 219 Å². The lowest BCUT2D eigenvalue weighted by Crippen LogP contribution is -2.51. The molecule has 4 unspecified atom stereocenters. The van der Waals surface area contributed by atoms with Crippen molar-refractivity contribution in [3.8, 4) is 0 Å². The summed E-state index contributed by atoms with van der Waals surface area (Å²) in [4.78, 5) is 0. The lowest BCUT2D eigenvalue weighted by Gasteiger charge is -2.26. The third-order valence-electron chi connectivity index (χ3n) is 10.0. The molecule has 0 radical (unpaired) electrons. The molecule has 5 nitrogen and oxygen atoms in total. The fraction of sp³-hybridized carbons (Fsp3) is 0.952. The van der Waals surface area contributed by atoms with Crippen LogP contribution in [0, 0.1) is 0 Å². The van der Waals surface area contributed by atoms with Crippen LogP contribution in [0.3, 0.4) is 0 Å². The molecule has 4 atom stereocenters. The second-order valence-electron chi connectivity index (χ2n) is 14.7. The number of aliphatic hydroxyl groups is 4. The Hall–Kier alpha value is -0.460. The number of allylic oxidation sites excluding steroid dienone is 1. The molecule has 0 aromatic heterocycles. The minimum absolute atomic E-state index is 0.299. The maximum atomic E-state index is 10.5. The van der Waals surface area contributed by atoms with E-state index in [4.69, 9.17) is 0 Å². The predicted molar refractivity (Wildman–Crippen MR) is 205 cm³/mol. The summed E-state index contributed by atoms with van der Waals surface area (Å²) in [6, 6.07) is -0.692. The second-order valence-corrected chi connectivity index (χ2v) is 14.7. The smallest absolute Gasteiger partial charge is 0.131 e. The number of nitrogens with one attached hydrogen (secondary N) is 1. The summed E-state index contributed by atoms with van der Waals surface area (Å²) in [5, 5.41) is 43.8. The van der Waals surface area contributed by atoms with Crippen molar-refractivity contribution in [3.05, 3.63) is 12.2 Å². The molecule has 0 amide bonds. The van der Waals surface area contributed by atoms with E-state index in [1.807, 2.05) is 6.08 Å². The first-order valence-corrected chi connectivity index (χ1v) is 21.1. The molecule has 0 aromatic carbocycles. The zero-order chi connectivity index (χ0) is 34.5. The van der Waals surface area contributed by atoms with E-state index >= 15 is 0 Å². The van der Waals surface area contributed by atoms with Gasteiger partial charge in [0, 0.05) is 0 Å². The largest absolute Gasteiger partial charge is 0.395 e. The first kappa shape index (κ1) is 46.5. The summed E-state index contributed by atoms with van der Waals surface area (Å²) in [5.41, 5.74) is 0. The molecule has 0 spiro atoms. The molecular formula is C42H85NO4. The fourth-order valence-corrected chi connectivity index (χ4v) is 6.65. The molecule has 0 saturated heterocycles. The lowest BCUT2D eigenvalue weighted by molar-refractivity contribution is -0.0289. The van der Waals surface area contributed by atoms with E-state index in [2.05, 4.69) is 19.2 Å². The Balaban J connectivity index is 3.63. The van der Waals surface area contributed by atoms with Gasteiger partial charge in [-0.2, -0.15) is 0 Å². The molecule has 0 aliphatic carbocycles. The van der Waals surface area contributed by atoms with E-state index < -0.39 is 24.5 Å². The van der Waals surface area contributed by atoms with Crippen molar-refractivity contribution >= 4 is 0 Å². The van der Waals surface area contributed by atoms with Crippen LogP contribution in [-0.4, -0.2) is 51.5 Å². The van der Waals surface area contributed by atoms with Crippen molar-refractivity contribution in [1.82, 2.24) is 5.32 Å². The molecule has 5 heteroatoms.